The molecule has 0 bridgehead atoms. The number of pyridine rings is 1. The minimum absolute atomic E-state index is 0.0519. The maximum Gasteiger partial charge on any atom is 0.261 e. The van der Waals surface area contributed by atoms with Crippen molar-refractivity contribution in [1.29, 1.82) is 0 Å². The lowest BCUT2D eigenvalue weighted by Gasteiger charge is -2.31. The molecule has 6 heteroatoms. The van der Waals surface area contributed by atoms with E-state index < -0.39 is 17.3 Å². The van der Waals surface area contributed by atoms with Crippen LogP contribution in [-0.4, -0.2) is 16.7 Å². The van der Waals surface area contributed by atoms with Crippen LogP contribution in [0.4, 0.5) is 5.69 Å². The number of hydrogen-bond donors (Lipinski definition) is 2. The van der Waals surface area contributed by atoms with E-state index in [9.17, 15) is 9.59 Å². The zero-order valence-corrected chi connectivity index (χ0v) is 16.4. The van der Waals surface area contributed by atoms with Gasteiger partial charge >= 0.3 is 0 Å². The fraction of sp³-hybridized carbons (Fsp3) is 0.250. The SMILES string of the molecule is O=C(Nc1ccc2c(c1)OC1(CCCCC1)O2)c1ccc(-c2ccccc2)[nH]c1=O. The van der Waals surface area contributed by atoms with Crippen LogP contribution in [0.25, 0.3) is 11.3 Å². The Bertz CT molecular complexity index is 1150. The van der Waals surface area contributed by atoms with Gasteiger partial charge in [-0.3, -0.25) is 9.59 Å². The van der Waals surface area contributed by atoms with Crippen molar-refractivity contribution in [3.05, 3.63) is 76.6 Å². The number of benzene rings is 2. The van der Waals surface area contributed by atoms with Gasteiger partial charge in [0.1, 0.15) is 5.56 Å². The molecular formula is C24H22N2O4. The molecule has 2 N–H and O–H groups in total. The Morgan fingerprint density at radius 2 is 1.67 bits per heavy atom. The quantitative estimate of drug-likeness (QED) is 0.664. The summed E-state index contributed by atoms with van der Waals surface area (Å²) >= 11 is 0. The van der Waals surface area contributed by atoms with E-state index in [1.54, 1.807) is 30.3 Å². The summed E-state index contributed by atoms with van der Waals surface area (Å²) in [6.07, 6.45) is 5.10. The van der Waals surface area contributed by atoms with E-state index in [0.29, 0.717) is 22.9 Å². The maximum atomic E-state index is 12.7. The summed E-state index contributed by atoms with van der Waals surface area (Å²) in [4.78, 5) is 27.9. The van der Waals surface area contributed by atoms with Gasteiger partial charge in [0.25, 0.3) is 17.3 Å². The number of hydrogen-bond acceptors (Lipinski definition) is 4. The largest absolute Gasteiger partial charge is 0.448 e. The third kappa shape index (κ3) is 3.45. The second-order valence-electron chi connectivity index (χ2n) is 7.77. The summed E-state index contributed by atoms with van der Waals surface area (Å²) in [6, 6.07) is 18.1. The van der Waals surface area contributed by atoms with Crippen LogP contribution in [0.3, 0.4) is 0 Å². The smallest absolute Gasteiger partial charge is 0.261 e. The van der Waals surface area contributed by atoms with Gasteiger partial charge in [0, 0.05) is 30.3 Å². The van der Waals surface area contributed by atoms with Gasteiger partial charge in [-0.05, 0) is 42.7 Å². The first-order valence-corrected chi connectivity index (χ1v) is 10.2. The van der Waals surface area contributed by atoms with Gasteiger partial charge in [0.05, 0.1) is 0 Å². The summed E-state index contributed by atoms with van der Waals surface area (Å²) in [6.45, 7) is 0. The van der Waals surface area contributed by atoms with Crippen LogP contribution in [0.15, 0.2) is 65.5 Å². The van der Waals surface area contributed by atoms with Gasteiger partial charge in [-0.1, -0.05) is 36.8 Å². The number of aromatic amines is 1. The van der Waals surface area contributed by atoms with E-state index in [4.69, 9.17) is 9.47 Å². The average Bonchev–Trinajstić information content (AvgIpc) is 3.11. The molecule has 5 rings (SSSR count). The topological polar surface area (TPSA) is 80.4 Å². The molecule has 0 atom stereocenters. The third-order valence-electron chi connectivity index (χ3n) is 5.65. The molecule has 2 aliphatic rings. The normalized spacial score (nSPS) is 16.4. The molecule has 1 aliphatic carbocycles. The number of anilines is 1. The van der Waals surface area contributed by atoms with Gasteiger partial charge in [-0.25, -0.2) is 0 Å². The lowest BCUT2D eigenvalue weighted by molar-refractivity contribution is -0.105. The van der Waals surface area contributed by atoms with Crippen molar-refractivity contribution in [2.75, 3.05) is 5.32 Å². The van der Waals surface area contributed by atoms with Gasteiger partial charge in [-0.2, -0.15) is 0 Å². The van der Waals surface area contributed by atoms with Crippen LogP contribution in [0.2, 0.25) is 0 Å². The number of carbonyl (C=O) groups is 1. The molecule has 0 saturated heterocycles. The summed E-state index contributed by atoms with van der Waals surface area (Å²) in [5.41, 5.74) is 1.72. The molecule has 1 amide bonds. The molecule has 0 unspecified atom stereocenters. The Balaban J connectivity index is 1.33. The van der Waals surface area contributed by atoms with Gasteiger partial charge in [-0.15, -0.1) is 0 Å². The first-order chi connectivity index (χ1) is 14.6. The Hall–Kier alpha value is -3.54. The lowest BCUT2D eigenvalue weighted by atomic mass is 9.94. The molecule has 1 fully saturated rings. The molecule has 2 heterocycles. The van der Waals surface area contributed by atoms with Crippen molar-refractivity contribution in [2.45, 2.75) is 37.9 Å². The van der Waals surface area contributed by atoms with Crippen molar-refractivity contribution in [3.8, 4) is 22.8 Å². The van der Waals surface area contributed by atoms with E-state index in [2.05, 4.69) is 10.3 Å². The Kier molecular flexibility index (Phi) is 4.54. The van der Waals surface area contributed by atoms with Crippen LogP contribution >= 0.6 is 0 Å². The Morgan fingerprint density at radius 3 is 2.43 bits per heavy atom. The number of aromatic nitrogens is 1. The number of nitrogens with one attached hydrogen (secondary N) is 2. The van der Waals surface area contributed by atoms with Crippen LogP contribution < -0.4 is 20.3 Å². The van der Waals surface area contributed by atoms with Crippen LogP contribution in [0, 0.1) is 0 Å². The van der Waals surface area contributed by atoms with E-state index in [1.165, 1.54) is 6.42 Å². The van der Waals surface area contributed by atoms with E-state index in [1.807, 2.05) is 30.3 Å². The maximum absolute atomic E-state index is 12.7. The first kappa shape index (κ1) is 18.5. The van der Waals surface area contributed by atoms with Crippen LogP contribution in [0.5, 0.6) is 11.5 Å². The van der Waals surface area contributed by atoms with Gasteiger partial charge in [0.15, 0.2) is 11.5 Å². The number of rotatable bonds is 3. The van der Waals surface area contributed by atoms with Crippen LogP contribution in [-0.2, 0) is 0 Å². The standard InChI is InChI=1S/C24H22N2O4/c27-22(18-10-11-19(26-23(18)28)16-7-3-1-4-8-16)25-17-9-12-20-21(15-17)30-24(29-20)13-5-2-6-14-24/h1,3-4,7-12,15H,2,5-6,13-14H2,(H,25,27)(H,26,28). The predicted octanol–water partition coefficient (Wildman–Crippen LogP) is 4.73. The molecule has 1 spiro atoms. The minimum Gasteiger partial charge on any atom is -0.448 e. The number of H-pyrrole nitrogens is 1. The highest BCUT2D eigenvalue weighted by molar-refractivity contribution is 6.04. The molecule has 6 nitrogen and oxygen atoms in total. The minimum atomic E-state index is -0.562. The highest BCUT2D eigenvalue weighted by Crippen LogP contribution is 2.46. The zero-order chi connectivity index (χ0) is 20.6. The second-order valence-corrected chi connectivity index (χ2v) is 7.77. The fourth-order valence-corrected chi connectivity index (χ4v) is 4.10. The molecule has 30 heavy (non-hydrogen) atoms. The number of carbonyl (C=O) groups excluding carboxylic acids is 1. The summed E-state index contributed by atoms with van der Waals surface area (Å²) in [5.74, 6) is 0.290. The Morgan fingerprint density at radius 1 is 0.900 bits per heavy atom. The molecule has 3 aromatic rings. The summed E-state index contributed by atoms with van der Waals surface area (Å²) in [7, 11) is 0. The molecule has 1 saturated carbocycles. The monoisotopic (exact) mass is 402 g/mol. The first-order valence-electron chi connectivity index (χ1n) is 10.2. The van der Waals surface area contributed by atoms with Crippen molar-refractivity contribution >= 4 is 11.6 Å². The zero-order valence-electron chi connectivity index (χ0n) is 16.4. The molecule has 152 valence electrons. The molecule has 2 aromatic carbocycles. The van der Waals surface area contributed by atoms with E-state index >= 15 is 0 Å². The highest BCUT2D eigenvalue weighted by Gasteiger charge is 2.42. The second kappa shape index (κ2) is 7.37. The molecule has 0 radical (unpaired) electrons. The number of ether oxygens (including phenoxy) is 2. The predicted molar refractivity (Wildman–Crippen MR) is 114 cm³/mol. The summed E-state index contributed by atoms with van der Waals surface area (Å²) < 4.78 is 12.2. The Labute approximate surface area is 173 Å². The van der Waals surface area contributed by atoms with Crippen molar-refractivity contribution < 1.29 is 14.3 Å². The van der Waals surface area contributed by atoms with Crippen molar-refractivity contribution in [3.63, 3.8) is 0 Å². The van der Waals surface area contributed by atoms with E-state index in [0.717, 1.165) is 31.2 Å². The number of fused-ring (bicyclic) bond motifs is 1. The van der Waals surface area contributed by atoms with Crippen molar-refractivity contribution in [2.24, 2.45) is 0 Å². The molecular weight excluding hydrogens is 380 g/mol. The fourth-order valence-electron chi connectivity index (χ4n) is 4.10. The lowest BCUT2D eigenvalue weighted by Crippen LogP contribution is -2.40. The average molecular weight is 402 g/mol. The van der Waals surface area contributed by atoms with Crippen molar-refractivity contribution in [1.82, 2.24) is 4.98 Å². The highest BCUT2D eigenvalue weighted by atomic mass is 16.7. The molecule has 1 aromatic heterocycles. The molecule has 1 aliphatic heterocycles. The number of amides is 1. The third-order valence-corrected chi connectivity index (χ3v) is 5.65. The summed E-state index contributed by atoms with van der Waals surface area (Å²) in [5, 5.41) is 2.78. The van der Waals surface area contributed by atoms with Crippen LogP contribution in [0.1, 0.15) is 42.5 Å². The van der Waals surface area contributed by atoms with Gasteiger partial charge in [0.2, 0.25) is 0 Å². The van der Waals surface area contributed by atoms with E-state index in [-0.39, 0.29) is 5.56 Å². The van der Waals surface area contributed by atoms with Gasteiger partial charge < -0.3 is 19.8 Å².